The van der Waals surface area contributed by atoms with Crippen molar-refractivity contribution in [2.45, 2.75) is 177 Å². The first-order chi connectivity index (χ1) is 59.8. The van der Waals surface area contributed by atoms with Gasteiger partial charge in [0.2, 0.25) is 41.6 Å². The summed E-state index contributed by atoms with van der Waals surface area (Å²) in [7, 11) is 1.34. The number of hydrogen-bond acceptors (Lipinski definition) is 29. The van der Waals surface area contributed by atoms with Gasteiger partial charge < -0.3 is 117 Å². The number of amides is 7. The molecule has 1 unspecified atom stereocenters. The van der Waals surface area contributed by atoms with Gasteiger partial charge in [-0.05, 0) is 139 Å². The number of fused-ring (bicyclic) bond motifs is 15. The van der Waals surface area contributed by atoms with Gasteiger partial charge in [0.1, 0.15) is 89.3 Å². The molecule has 7 amide bonds. The molecule has 2 saturated heterocycles. The number of nitrogens with one attached hydrogen (secondary N) is 7. The summed E-state index contributed by atoms with van der Waals surface area (Å²) in [6.45, 7) is 7.11. The molecule has 7 aliphatic rings. The van der Waals surface area contributed by atoms with E-state index in [2.05, 4.69) is 42.4 Å². The molecule has 6 aromatic carbocycles. The van der Waals surface area contributed by atoms with Gasteiger partial charge in [0.25, 0.3) is 11.8 Å². The molecule has 18 atom stereocenters. The summed E-state index contributed by atoms with van der Waals surface area (Å²) in [6, 6.07) is 11.4. The molecule has 126 heavy (non-hydrogen) atoms. The van der Waals surface area contributed by atoms with Crippen LogP contribution in [0.4, 0.5) is 5.82 Å². The Morgan fingerprint density at radius 3 is 2.02 bits per heavy atom. The zero-order valence-electron chi connectivity index (χ0n) is 68.4. The van der Waals surface area contributed by atoms with E-state index in [0.717, 1.165) is 54.6 Å². The van der Waals surface area contributed by atoms with Gasteiger partial charge in [-0.25, -0.2) is 10.3 Å². The van der Waals surface area contributed by atoms with Crippen LogP contribution in [0.25, 0.3) is 11.1 Å². The molecular formula is C85H94Cl4N10O27. The summed E-state index contributed by atoms with van der Waals surface area (Å²) in [5.41, 5.74) is 3.64. The summed E-state index contributed by atoms with van der Waals surface area (Å²) in [5.74, 6) is -19.4. The molecule has 0 aliphatic carbocycles. The van der Waals surface area contributed by atoms with E-state index in [-0.39, 0.29) is 94.0 Å². The Labute approximate surface area is 739 Å². The predicted molar refractivity (Wildman–Crippen MR) is 448 cm³/mol. The maximum absolute atomic E-state index is 16.5. The van der Waals surface area contributed by atoms with E-state index in [0.29, 0.717) is 6.42 Å². The highest BCUT2D eigenvalue weighted by Crippen LogP contribution is 2.51. The van der Waals surface area contributed by atoms with Crippen molar-refractivity contribution < 1.29 is 127 Å². The number of ether oxygens (including phenoxy) is 7. The zero-order valence-corrected chi connectivity index (χ0v) is 71.4. The molecule has 37 nitrogen and oxygen atoms in total. The van der Waals surface area contributed by atoms with Gasteiger partial charge in [-0.3, -0.25) is 52.6 Å². The second-order valence-electron chi connectivity index (χ2n) is 31.8. The molecule has 14 rings (SSSR count). The van der Waals surface area contributed by atoms with Crippen LogP contribution >= 0.6 is 46.4 Å². The van der Waals surface area contributed by atoms with Crippen molar-refractivity contribution in [1.82, 2.24) is 41.6 Å². The van der Waals surface area contributed by atoms with Crippen molar-refractivity contribution in [3.63, 3.8) is 0 Å². The van der Waals surface area contributed by atoms with Gasteiger partial charge in [-0.2, -0.15) is 4.98 Å². The van der Waals surface area contributed by atoms with Crippen molar-refractivity contribution in [3.05, 3.63) is 173 Å². The number of methoxy groups -OCH3 is 1. The SMILES string of the molecule is CC[C@H](CC(C)C)C(=O)N[C@H]1C(=O)C[C@@H](CC(N)=O)C(=O)NC2C(=O)C[C@H]3C(=O)N[C@H](C(=O)N[C@@H](C(=O)NOCCOC)c4cc(O)cc(O)c4-c4cc3ccc4O)[C@H](O)c3ccc(c(Cl)c3)Oc3cc2cc(c3O[C@@H]2O[C@H](CO)[C@@H](O)[C@H](O)[C@H]2O[C@H]2C[C@](C)(NCCn3ccc(NC(=O)c4cc(Cl)cc(Cl)c4)nc3=O)[C@H](O)[C@H](C)O2)Oc2ccc(cc2Cl)[C@H]1O. The molecule has 11 bridgehead atoms. The number of benzene rings is 6. The lowest BCUT2D eigenvalue weighted by Gasteiger charge is -2.48. The molecule has 674 valence electrons. The van der Waals surface area contributed by atoms with Crippen LogP contribution in [0.3, 0.4) is 0 Å². The van der Waals surface area contributed by atoms with Gasteiger partial charge in [-0.1, -0.05) is 85.4 Å². The molecule has 8 heterocycles. The average molecular weight is 1830 g/mol. The molecule has 0 radical (unpaired) electrons. The maximum Gasteiger partial charge on any atom is 0.349 e. The highest BCUT2D eigenvalue weighted by atomic mass is 35.5. The van der Waals surface area contributed by atoms with Crippen molar-refractivity contribution >= 4 is 105 Å². The van der Waals surface area contributed by atoms with Gasteiger partial charge in [0, 0.05) is 96.3 Å². The van der Waals surface area contributed by atoms with Crippen molar-refractivity contribution in [2.75, 3.05) is 38.8 Å². The lowest BCUT2D eigenvalue weighted by Crippen LogP contribution is -2.65. The van der Waals surface area contributed by atoms with E-state index in [1.54, 1.807) is 13.8 Å². The van der Waals surface area contributed by atoms with E-state index in [9.17, 15) is 69.9 Å². The minimum absolute atomic E-state index is 0.0425. The first kappa shape index (κ1) is 94.4. The van der Waals surface area contributed by atoms with Gasteiger partial charge in [0.15, 0.2) is 35.5 Å². The van der Waals surface area contributed by atoms with Crippen LogP contribution in [0, 0.1) is 17.8 Å². The fourth-order valence-corrected chi connectivity index (χ4v) is 16.7. The van der Waals surface area contributed by atoms with Crippen LogP contribution in [0.15, 0.2) is 114 Å². The number of ketones is 2. The van der Waals surface area contributed by atoms with E-state index in [1.165, 1.54) is 73.3 Å². The second-order valence-corrected chi connectivity index (χ2v) is 33.5. The molecule has 0 saturated carbocycles. The molecular weight excluding hydrogens is 1730 g/mol. The quantitative estimate of drug-likeness (QED) is 0.0274. The lowest BCUT2D eigenvalue weighted by atomic mass is 9.84. The molecule has 0 spiro atoms. The standard InChI is InChI=1S/C85H94Cl4N10O27/c1-7-38(20-36(2)3)77(112)96-68-55(104)26-44(29-62(90)106)79(114)94-66-42-27-59(122-57-12-9-40(70(68)107)24-51(57)88)74(126-83-75(73(110)72(109)61(35-100)124-83)125-64-34-85(5,76(111)37(4)121-64)91-15-17-99-16-14-63(93-84(99)118)92-78(113)43-21-45(86)30-46(87)22-43)60(28-42)123-58-13-10-41(25-52(58)89)71(108)69-81(116)95-67(82(117)98-120-19-18-119-6)50-31-47(101)32-54(103)65(50)49-23-39(8-11-53(49)102)48(33-56(66)105)80(115)97-69/h8-14,16,21-25,27-28,30-32,36-38,44,48,61,64,66-73,75-76,83,91,100-103,107-111H,7,15,17-20,26,29,33-35H2,1-6H3,(H2,90,106)(H,94,114)(H,95,116)(H,96,112)(H,97,115)(H,98,117)(H,92,93,113,118)/t37-,38+,44-,48+,61+,64-,66?,67+,68-,69-,70+,71+,72+,73-,75+,76+,83-,85-/m0/s1. The third kappa shape index (κ3) is 21.6. The highest BCUT2D eigenvalue weighted by Gasteiger charge is 2.52. The second kappa shape index (κ2) is 40.5. The Hall–Kier alpha value is -10.7. The van der Waals surface area contributed by atoms with Crippen molar-refractivity contribution in [2.24, 2.45) is 23.5 Å². The number of rotatable bonds is 23. The number of phenolic OH excluding ortho intramolecular Hbond substituents is 3. The number of phenols is 3. The van der Waals surface area contributed by atoms with Gasteiger partial charge in [-0.15, -0.1) is 0 Å². The number of aromatic hydroxyl groups is 3. The van der Waals surface area contributed by atoms with Crippen LogP contribution < -0.4 is 63.0 Å². The summed E-state index contributed by atoms with van der Waals surface area (Å²) in [6.07, 6.45) is -19.5. The molecule has 1 aromatic heterocycles. The summed E-state index contributed by atoms with van der Waals surface area (Å²) in [4.78, 5) is 157. The monoisotopic (exact) mass is 1830 g/mol. The molecule has 41 heteroatoms. The number of aliphatic hydroxyl groups is 6. The first-order valence-corrected chi connectivity index (χ1v) is 41.6. The highest BCUT2D eigenvalue weighted by molar-refractivity contribution is 6.35. The summed E-state index contributed by atoms with van der Waals surface area (Å²) < 4.78 is 45.8. The number of nitrogens with zero attached hydrogens (tertiary/aromatic N) is 2. The number of nitrogens with two attached hydrogens (primary N) is 1. The maximum atomic E-state index is 16.5. The van der Waals surface area contributed by atoms with Gasteiger partial charge in [0.05, 0.1) is 53.9 Å². The minimum Gasteiger partial charge on any atom is -0.508 e. The van der Waals surface area contributed by atoms with Crippen LogP contribution in [-0.2, 0) is 68.7 Å². The smallest absolute Gasteiger partial charge is 0.349 e. The Kier molecular flexibility index (Phi) is 30.4. The van der Waals surface area contributed by atoms with E-state index in [4.69, 9.17) is 90.1 Å². The van der Waals surface area contributed by atoms with Crippen molar-refractivity contribution in [1.29, 1.82) is 0 Å². The Morgan fingerprint density at radius 2 is 1.40 bits per heavy atom. The van der Waals surface area contributed by atoms with Crippen LogP contribution in [-0.4, -0.2) is 209 Å². The number of halogens is 4. The van der Waals surface area contributed by atoms with Gasteiger partial charge >= 0.3 is 5.69 Å². The molecule has 18 N–H and O–H groups in total. The van der Waals surface area contributed by atoms with Crippen LogP contribution in [0.1, 0.15) is 142 Å². The molecule has 7 aromatic rings. The molecule has 7 aliphatic heterocycles. The van der Waals surface area contributed by atoms with Crippen LogP contribution in [0.2, 0.25) is 20.1 Å². The molecule has 2 fully saturated rings. The number of Topliss-reactive ketones (excluding diaryl/α,β-unsaturated/α-hetero) is 2. The zero-order chi connectivity index (χ0) is 91.2. The third-order valence-electron chi connectivity index (χ3n) is 22.3. The fourth-order valence-electron chi connectivity index (χ4n) is 15.7. The number of hydroxylamine groups is 1. The number of aromatic nitrogens is 2. The first-order valence-electron chi connectivity index (χ1n) is 40.1. The van der Waals surface area contributed by atoms with E-state index in [1.807, 2.05) is 13.8 Å². The van der Waals surface area contributed by atoms with E-state index < -0.39 is 261 Å². The van der Waals surface area contributed by atoms with Crippen LogP contribution in [0.5, 0.6) is 46.0 Å². The fraction of sp³-hybridized carbons (Fsp3) is 0.424. The summed E-state index contributed by atoms with van der Waals surface area (Å²) in [5, 5.41) is 123. The normalized spacial score (nSPS) is 26.0. The third-order valence-corrected chi connectivity index (χ3v) is 23.3. The number of aliphatic hydroxyl groups excluding tert-OH is 6. The summed E-state index contributed by atoms with van der Waals surface area (Å²) >= 11 is 26.6. The Bertz CT molecular complexity index is 5360. The Balaban J connectivity index is 1.01. The number of primary amides is 1. The average Bonchev–Trinajstić information content (AvgIpc) is 0.751. The number of anilines is 1. The lowest BCUT2D eigenvalue weighted by molar-refractivity contribution is -0.334. The number of carbonyl (C=O) groups excluding carboxylic acids is 9. The topological polar surface area (TPSA) is 555 Å². The predicted octanol–water partition coefficient (Wildman–Crippen LogP) is 5.58. The number of hydrogen-bond donors (Lipinski definition) is 17. The number of carbonyl (C=O) groups is 9. The van der Waals surface area contributed by atoms with Crippen molar-refractivity contribution in [3.8, 4) is 57.1 Å². The largest absolute Gasteiger partial charge is 0.508 e. The Morgan fingerprint density at radius 1 is 0.730 bits per heavy atom. The minimum atomic E-state index is -2.26. The van der Waals surface area contributed by atoms with E-state index >= 15 is 24.0 Å².